The second-order valence-corrected chi connectivity index (χ2v) is 8.02. The van der Waals surface area contributed by atoms with Crippen LogP contribution in [0.15, 0.2) is 97.1 Å². The van der Waals surface area contributed by atoms with E-state index in [0.29, 0.717) is 27.8 Å². The number of allylic oxidation sites excluding steroid dienone is 2. The van der Waals surface area contributed by atoms with Crippen molar-refractivity contribution in [1.82, 2.24) is 0 Å². The van der Waals surface area contributed by atoms with E-state index in [1.807, 2.05) is 54.6 Å². The lowest BCUT2D eigenvalue weighted by Gasteiger charge is -2.28. The van der Waals surface area contributed by atoms with Crippen LogP contribution >= 0.6 is 7.82 Å². The predicted octanol–water partition coefficient (Wildman–Crippen LogP) is 4.74. The van der Waals surface area contributed by atoms with Gasteiger partial charge in [0.05, 0.1) is 0 Å². The second-order valence-electron chi connectivity index (χ2n) is 6.83. The molecule has 0 saturated carbocycles. The summed E-state index contributed by atoms with van der Waals surface area (Å²) in [7, 11) is -4.92. The fraction of sp³-hybridized carbons (Fsp3) is 0.0417. The highest BCUT2D eigenvalue weighted by atomic mass is 31.2. The van der Waals surface area contributed by atoms with Crippen LogP contribution in [0.1, 0.15) is 16.7 Å². The Balaban J connectivity index is 1.99. The number of hydrogen-bond acceptors (Lipinski definition) is 3. The third-order valence-corrected chi connectivity index (χ3v) is 5.32. The summed E-state index contributed by atoms with van der Waals surface area (Å²) in [6.07, 6.45) is 0.366. The van der Waals surface area contributed by atoms with Crippen molar-refractivity contribution in [1.29, 1.82) is 0 Å². The summed E-state index contributed by atoms with van der Waals surface area (Å²) in [6.45, 7) is 0. The molecule has 3 aromatic carbocycles. The first-order chi connectivity index (χ1) is 14.4. The molecule has 1 atom stereocenters. The standard InChI is InChI=1S/C24H19O5P/c25-23-22(19-14-8-3-9-15-19)20(17-10-4-1-5-11-17)16-21(18-12-6-2-7-13-18)24(23)29-30(26,27)28/h1-16,24H,(H2,26,27,28). The van der Waals surface area contributed by atoms with Crippen LogP contribution < -0.4 is 0 Å². The molecular formula is C24H19O5P. The third kappa shape index (κ3) is 4.25. The molecule has 3 aromatic rings. The SMILES string of the molecule is O=C1C(c2ccccc2)=C(c2ccccc2)C=C(c2ccccc2)C1OP(=O)(O)O. The molecule has 30 heavy (non-hydrogen) atoms. The molecule has 5 nitrogen and oxygen atoms in total. The number of phosphoric ester groups is 1. The van der Waals surface area contributed by atoms with Gasteiger partial charge < -0.3 is 9.79 Å². The molecule has 0 amide bonds. The Morgan fingerprint density at radius 3 is 1.67 bits per heavy atom. The molecule has 1 aliphatic carbocycles. The Morgan fingerprint density at radius 2 is 1.17 bits per heavy atom. The van der Waals surface area contributed by atoms with Crippen molar-refractivity contribution in [3.63, 3.8) is 0 Å². The van der Waals surface area contributed by atoms with Gasteiger partial charge >= 0.3 is 7.82 Å². The quantitative estimate of drug-likeness (QED) is 0.585. The third-order valence-electron chi connectivity index (χ3n) is 4.83. The first-order valence-electron chi connectivity index (χ1n) is 9.34. The summed E-state index contributed by atoms with van der Waals surface area (Å²) < 4.78 is 16.7. The van der Waals surface area contributed by atoms with Crippen LogP contribution in [0.5, 0.6) is 0 Å². The topological polar surface area (TPSA) is 83.8 Å². The Hall–Kier alpha value is -3.08. The first kappa shape index (κ1) is 20.2. The van der Waals surface area contributed by atoms with E-state index in [2.05, 4.69) is 0 Å². The van der Waals surface area contributed by atoms with Gasteiger partial charge in [-0.15, -0.1) is 0 Å². The van der Waals surface area contributed by atoms with E-state index in [-0.39, 0.29) is 0 Å². The van der Waals surface area contributed by atoms with E-state index in [4.69, 9.17) is 4.52 Å². The Morgan fingerprint density at radius 1 is 0.700 bits per heavy atom. The average Bonchev–Trinajstić information content (AvgIpc) is 2.76. The summed E-state index contributed by atoms with van der Waals surface area (Å²) in [5, 5.41) is 0. The van der Waals surface area contributed by atoms with Gasteiger partial charge in [-0.1, -0.05) is 91.0 Å². The van der Waals surface area contributed by atoms with Crippen molar-refractivity contribution in [3.05, 3.63) is 114 Å². The smallest absolute Gasteiger partial charge is 0.303 e. The van der Waals surface area contributed by atoms with Crippen LogP contribution in [-0.4, -0.2) is 21.7 Å². The number of phosphoric acid groups is 1. The number of carbonyl (C=O) groups excluding carboxylic acids is 1. The Labute approximate surface area is 174 Å². The van der Waals surface area contributed by atoms with Crippen LogP contribution in [0.3, 0.4) is 0 Å². The van der Waals surface area contributed by atoms with Crippen molar-refractivity contribution >= 4 is 30.3 Å². The monoisotopic (exact) mass is 418 g/mol. The number of hydrogen-bond donors (Lipinski definition) is 2. The molecule has 0 radical (unpaired) electrons. The number of ketones is 1. The summed E-state index contributed by atoms with van der Waals surface area (Å²) >= 11 is 0. The van der Waals surface area contributed by atoms with Gasteiger partial charge in [-0.3, -0.25) is 9.32 Å². The lowest BCUT2D eigenvalue weighted by Crippen LogP contribution is -2.29. The minimum Gasteiger partial charge on any atom is -0.303 e. The lowest BCUT2D eigenvalue weighted by molar-refractivity contribution is -0.118. The molecule has 1 unspecified atom stereocenters. The van der Waals surface area contributed by atoms with E-state index in [1.54, 1.807) is 42.5 Å². The highest BCUT2D eigenvalue weighted by molar-refractivity contribution is 7.46. The van der Waals surface area contributed by atoms with Gasteiger partial charge in [-0.2, -0.15) is 0 Å². The zero-order valence-corrected chi connectivity index (χ0v) is 16.8. The van der Waals surface area contributed by atoms with Crippen LogP contribution in [0.25, 0.3) is 16.7 Å². The molecular weight excluding hydrogens is 399 g/mol. The molecule has 4 rings (SSSR count). The van der Waals surface area contributed by atoms with E-state index >= 15 is 0 Å². The van der Waals surface area contributed by atoms with Gasteiger partial charge in [0.15, 0.2) is 11.9 Å². The number of carbonyl (C=O) groups is 1. The van der Waals surface area contributed by atoms with Gasteiger partial charge in [0.2, 0.25) is 0 Å². The maximum atomic E-state index is 13.6. The van der Waals surface area contributed by atoms with Crippen molar-refractivity contribution < 1.29 is 23.7 Å². The zero-order valence-electron chi connectivity index (χ0n) is 15.9. The molecule has 0 heterocycles. The molecule has 0 aromatic heterocycles. The largest absolute Gasteiger partial charge is 0.470 e. The summed E-state index contributed by atoms with van der Waals surface area (Å²) in [5.74, 6) is -0.496. The van der Waals surface area contributed by atoms with Gasteiger partial charge in [0.25, 0.3) is 0 Å². The fourth-order valence-corrected chi connectivity index (χ4v) is 4.05. The van der Waals surface area contributed by atoms with Crippen LogP contribution in [0, 0.1) is 0 Å². The molecule has 0 spiro atoms. The van der Waals surface area contributed by atoms with E-state index in [0.717, 1.165) is 5.56 Å². The first-order valence-corrected chi connectivity index (χ1v) is 10.9. The second kappa shape index (κ2) is 8.34. The molecule has 0 saturated heterocycles. The molecule has 6 heteroatoms. The van der Waals surface area contributed by atoms with Gasteiger partial charge in [-0.05, 0) is 33.9 Å². The number of rotatable bonds is 5. The number of benzene rings is 3. The van der Waals surface area contributed by atoms with Crippen LogP contribution in [0.2, 0.25) is 0 Å². The van der Waals surface area contributed by atoms with Gasteiger partial charge in [-0.25, -0.2) is 4.57 Å². The lowest BCUT2D eigenvalue weighted by atomic mass is 9.80. The highest BCUT2D eigenvalue weighted by Crippen LogP contribution is 2.46. The minimum absolute atomic E-state index is 0.361. The van der Waals surface area contributed by atoms with Crippen LogP contribution in [0.4, 0.5) is 0 Å². The molecule has 150 valence electrons. The van der Waals surface area contributed by atoms with Crippen LogP contribution in [-0.2, 0) is 13.9 Å². The predicted molar refractivity (Wildman–Crippen MR) is 116 cm³/mol. The van der Waals surface area contributed by atoms with Crippen molar-refractivity contribution in [2.45, 2.75) is 6.10 Å². The maximum Gasteiger partial charge on any atom is 0.470 e. The average molecular weight is 418 g/mol. The highest BCUT2D eigenvalue weighted by Gasteiger charge is 2.38. The maximum absolute atomic E-state index is 13.6. The molecule has 0 aliphatic heterocycles. The van der Waals surface area contributed by atoms with Crippen molar-refractivity contribution in [2.75, 3.05) is 0 Å². The van der Waals surface area contributed by atoms with E-state index < -0.39 is 19.7 Å². The van der Waals surface area contributed by atoms with E-state index in [1.165, 1.54) is 0 Å². The molecule has 1 aliphatic rings. The van der Waals surface area contributed by atoms with Crippen molar-refractivity contribution in [2.24, 2.45) is 0 Å². The summed E-state index contributed by atoms with van der Waals surface area (Å²) in [5.41, 5.74) is 3.58. The summed E-state index contributed by atoms with van der Waals surface area (Å²) in [6, 6.07) is 27.5. The minimum atomic E-state index is -4.92. The fourth-order valence-electron chi connectivity index (χ4n) is 3.56. The van der Waals surface area contributed by atoms with Gasteiger partial charge in [0, 0.05) is 5.57 Å². The molecule has 2 N–H and O–H groups in total. The van der Waals surface area contributed by atoms with Gasteiger partial charge in [0.1, 0.15) is 0 Å². The normalized spacial score (nSPS) is 17.1. The zero-order chi connectivity index (χ0) is 21.1. The Bertz CT molecular complexity index is 1160. The Kier molecular flexibility index (Phi) is 5.62. The molecule has 0 bridgehead atoms. The molecule has 0 fully saturated rings. The van der Waals surface area contributed by atoms with E-state index in [9.17, 15) is 19.1 Å². The van der Waals surface area contributed by atoms with Crippen molar-refractivity contribution in [3.8, 4) is 0 Å². The number of Topliss-reactive ketones (excluding diaryl/α,β-unsaturated/α-hetero) is 1. The summed E-state index contributed by atoms with van der Waals surface area (Å²) in [4.78, 5) is 32.6.